The Morgan fingerprint density at radius 1 is 1.30 bits per heavy atom. The van der Waals surface area contributed by atoms with Gasteiger partial charge in [0.15, 0.2) is 5.17 Å². The molecule has 2 aliphatic rings. The molecule has 0 radical (unpaired) electrons. The molecule has 0 aliphatic carbocycles. The highest BCUT2D eigenvalue weighted by atomic mass is 35.5. The Morgan fingerprint density at radius 3 is 2.87 bits per heavy atom. The SMILES string of the molecule is CCOc1ccc(Cl)cc1/C=C1\SC(=Nc2ccccc2)N(CC2CCCO2)C1=O. The van der Waals surface area contributed by atoms with E-state index in [9.17, 15) is 4.79 Å². The van der Waals surface area contributed by atoms with Gasteiger partial charge >= 0.3 is 0 Å². The zero-order valence-corrected chi connectivity index (χ0v) is 18.3. The summed E-state index contributed by atoms with van der Waals surface area (Å²) in [6.07, 6.45) is 3.85. The van der Waals surface area contributed by atoms with Crippen molar-refractivity contribution in [1.29, 1.82) is 0 Å². The fraction of sp³-hybridized carbons (Fsp3) is 0.304. The predicted octanol–water partition coefficient (Wildman–Crippen LogP) is 5.52. The van der Waals surface area contributed by atoms with E-state index in [1.165, 1.54) is 11.8 Å². The number of carbonyl (C=O) groups excluding carboxylic acids is 1. The molecular formula is C23H23ClN2O3S. The van der Waals surface area contributed by atoms with Crippen LogP contribution in [0.15, 0.2) is 58.4 Å². The average Bonchev–Trinajstić information content (AvgIpc) is 3.35. The summed E-state index contributed by atoms with van der Waals surface area (Å²) < 4.78 is 11.5. The fourth-order valence-electron chi connectivity index (χ4n) is 3.42. The summed E-state index contributed by atoms with van der Waals surface area (Å²) in [4.78, 5) is 20.3. The van der Waals surface area contributed by atoms with Crippen molar-refractivity contribution in [3.63, 3.8) is 0 Å². The van der Waals surface area contributed by atoms with E-state index in [4.69, 9.17) is 26.1 Å². The van der Waals surface area contributed by atoms with E-state index in [-0.39, 0.29) is 12.0 Å². The molecule has 7 heteroatoms. The van der Waals surface area contributed by atoms with Crippen LogP contribution >= 0.6 is 23.4 Å². The van der Waals surface area contributed by atoms with Crippen LogP contribution in [0.2, 0.25) is 5.02 Å². The Bertz CT molecular complexity index is 972. The number of ether oxygens (including phenoxy) is 2. The quantitative estimate of drug-likeness (QED) is 0.552. The summed E-state index contributed by atoms with van der Waals surface area (Å²) in [6.45, 7) is 3.70. The van der Waals surface area contributed by atoms with Gasteiger partial charge in [-0.2, -0.15) is 0 Å². The topological polar surface area (TPSA) is 51.1 Å². The number of amides is 1. The molecule has 4 rings (SSSR count). The molecule has 30 heavy (non-hydrogen) atoms. The van der Waals surface area contributed by atoms with Crippen molar-refractivity contribution < 1.29 is 14.3 Å². The minimum atomic E-state index is -0.0763. The number of hydrogen-bond donors (Lipinski definition) is 0. The van der Waals surface area contributed by atoms with Crippen molar-refractivity contribution >= 4 is 46.2 Å². The van der Waals surface area contributed by atoms with Gasteiger partial charge in [0.2, 0.25) is 0 Å². The second-order valence-corrected chi connectivity index (χ2v) is 8.45. The molecule has 0 saturated carbocycles. The highest BCUT2D eigenvalue weighted by Crippen LogP contribution is 2.37. The van der Waals surface area contributed by atoms with E-state index in [1.54, 1.807) is 11.0 Å². The van der Waals surface area contributed by atoms with Crippen LogP contribution in [0.3, 0.4) is 0 Å². The number of nitrogens with zero attached hydrogens (tertiary/aromatic N) is 2. The van der Waals surface area contributed by atoms with Gasteiger partial charge in [0, 0.05) is 17.2 Å². The molecule has 2 heterocycles. The normalized spacial score (nSPS) is 21.7. The van der Waals surface area contributed by atoms with Crippen molar-refractivity contribution in [2.75, 3.05) is 19.8 Å². The summed E-state index contributed by atoms with van der Waals surface area (Å²) in [6, 6.07) is 15.1. The first-order valence-corrected chi connectivity index (χ1v) is 11.2. The molecule has 2 fully saturated rings. The van der Waals surface area contributed by atoms with Gasteiger partial charge in [-0.1, -0.05) is 29.8 Å². The molecule has 1 amide bonds. The third-order valence-electron chi connectivity index (χ3n) is 4.84. The summed E-state index contributed by atoms with van der Waals surface area (Å²) >= 11 is 7.56. The summed E-state index contributed by atoms with van der Waals surface area (Å²) in [7, 11) is 0. The minimum Gasteiger partial charge on any atom is -0.493 e. The smallest absolute Gasteiger partial charge is 0.266 e. The maximum absolute atomic E-state index is 13.3. The van der Waals surface area contributed by atoms with Crippen LogP contribution in [0.1, 0.15) is 25.3 Å². The highest BCUT2D eigenvalue weighted by Gasteiger charge is 2.36. The first-order chi connectivity index (χ1) is 14.6. The van der Waals surface area contributed by atoms with Crippen molar-refractivity contribution in [2.45, 2.75) is 25.9 Å². The molecule has 2 aromatic carbocycles. The molecular weight excluding hydrogens is 420 g/mol. The first-order valence-electron chi connectivity index (χ1n) is 10.0. The van der Waals surface area contributed by atoms with Crippen molar-refractivity contribution in [3.8, 4) is 5.75 Å². The summed E-state index contributed by atoms with van der Waals surface area (Å²) in [5, 5.41) is 1.25. The van der Waals surface area contributed by atoms with Crippen LogP contribution in [0.4, 0.5) is 5.69 Å². The van der Waals surface area contributed by atoms with E-state index in [2.05, 4.69) is 0 Å². The standard InChI is InChI=1S/C23H23ClN2O3S/c1-2-28-20-11-10-17(24)13-16(20)14-21-22(27)26(15-19-9-6-12-29-19)23(30-21)25-18-7-4-3-5-8-18/h3-5,7-8,10-11,13-14,19H,2,6,9,12,15H2,1H3/b21-14-,25-23?. The summed E-state index contributed by atoms with van der Waals surface area (Å²) in [5.74, 6) is 0.620. The molecule has 2 aliphatic heterocycles. The average molecular weight is 443 g/mol. The molecule has 156 valence electrons. The number of para-hydroxylation sites is 1. The third kappa shape index (κ3) is 4.89. The Hall–Kier alpha value is -2.28. The maximum atomic E-state index is 13.3. The lowest BCUT2D eigenvalue weighted by Crippen LogP contribution is -2.36. The molecule has 1 atom stereocenters. The second kappa shape index (κ2) is 9.69. The number of amidine groups is 1. The first kappa shape index (κ1) is 21.0. The number of thioether (sulfide) groups is 1. The van der Waals surface area contributed by atoms with Crippen LogP contribution in [0.5, 0.6) is 5.75 Å². The Kier molecular flexibility index (Phi) is 6.77. The van der Waals surface area contributed by atoms with Crippen molar-refractivity contribution in [3.05, 3.63) is 64.0 Å². The maximum Gasteiger partial charge on any atom is 0.266 e. The van der Waals surface area contributed by atoms with E-state index < -0.39 is 0 Å². The highest BCUT2D eigenvalue weighted by molar-refractivity contribution is 8.18. The number of halogens is 1. The minimum absolute atomic E-state index is 0.0417. The Morgan fingerprint density at radius 2 is 2.13 bits per heavy atom. The van der Waals surface area contributed by atoms with Crippen LogP contribution in [0, 0.1) is 0 Å². The van der Waals surface area contributed by atoms with E-state index in [0.29, 0.717) is 34.0 Å². The van der Waals surface area contributed by atoms with Gasteiger partial charge in [0.25, 0.3) is 5.91 Å². The van der Waals surface area contributed by atoms with Gasteiger partial charge in [0.1, 0.15) is 5.75 Å². The lowest BCUT2D eigenvalue weighted by Gasteiger charge is -2.19. The molecule has 2 saturated heterocycles. The Labute approximate surface area is 185 Å². The Balaban J connectivity index is 1.68. The van der Waals surface area contributed by atoms with Gasteiger partial charge < -0.3 is 9.47 Å². The predicted molar refractivity (Wildman–Crippen MR) is 122 cm³/mol. The number of benzene rings is 2. The van der Waals surface area contributed by atoms with Crippen LogP contribution in [-0.4, -0.2) is 41.8 Å². The van der Waals surface area contributed by atoms with E-state index in [1.807, 2.05) is 55.5 Å². The van der Waals surface area contributed by atoms with Gasteiger partial charge in [-0.05, 0) is 67.9 Å². The molecule has 0 spiro atoms. The number of rotatable bonds is 6. The monoisotopic (exact) mass is 442 g/mol. The van der Waals surface area contributed by atoms with Gasteiger partial charge in [-0.3, -0.25) is 9.69 Å². The zero-order valence-electron chi connectivity index (χ0n) is 16.7. The number of aliphatic imine (C=N–C) groups is 1. The fourth-order valence-corrected chi connectivity index (χ4v) is 4.60. The van der Waals surface area contributed by atoms with Crippen LogP contribution in [0.25, 0.3) is 6.08 Å². The van der Waals surface area contributed by atoms with E-state index >= 15 is 0 Å². The largest absolute Gasteiger partial charge is 0.493 e. The summed E-state index contributed by atoms with van der Waals surface area (Å²) in [5.41, 5.74) is 1.59. The van der Waals surface area contributed by atoms with Gasteiger partial charge in [0.05, 0.1) is 29.8 Å². The lowest BCUT2D eigenvalue weighted by atomic mass is 10.1. The van der Waals surface area contributed by atoms with Crippen LogP contribution in [-0.2, 0) is 9.53 Å². The number of carbonyl (C=O) groups is 1. The molecule has 0 N–H and O–H groups in total. The zero-order chi connectivity index (χ0) is 20.9. The molecule has 2 aromatic rings. The second-order valence-electron chi connectivity index (χ2n) is 7.01. The molecule has 5 nitrogen and oxygen atoms in total. The molecule has 0 bridgehead atoms. The third-order valence-corrected chi connectivity index (χ3v) is 6.08. The van der Waals surface area contributed by atoms with Crippen molar-refractivity contribution in [1.82, 2.24) is 4.90 Å². The lowest BCUT2D eigenvalue weighted by molar-refractivity contribution is -0.123. The van der Waals surface area contributed by atoms with Gasteiger partial charge in [-0.15, -0.1) is 0 Å². The molecule has 0 aromatic heterocycles. The number of hydrogen-bond acceptors (Lipinski definition) is 5. The molecule has 1 unspecified atom stereocenters. The van der Waals surface area contributed by atoms with Crippen molar-refractivity contribution in [2.24, 2.45) is 4.99 Å². The van der Waals surface area contributed by atoms with E-state index in [0.717, 1.165) is 30.7 Å². The van der Waals surface area contributed by atoms with Gasteiger partial charge in [-0.25, -0.2) is 4.99 Å². The van der Waals surface area contributed by atoms with Crippen LogP contribution < -0.4 is 4.74 Å².